The van der Waals surface area contributed by atoms with Crippen molar-refractivity contribution >= 4 is 36.1 Å². The Morgan fingerprint density at radius 3 is 1.75 bits per heavy atom. The van der Waals surface area contributed by atoms with Gasteiger partial charge < -0.3 is 31.2 Å². The lowest BCUT2D eigenvalue weighted by molar-refractivity contribution is -0.133. The Kier molecular flexibility index (Phi) is 32.6. The van der Waals surface area contributed by atoms with Crippen LogP contribution in [0.2, 0.25) is 0 Å². The molecule has 11 nitrogen and oxygen atoms in total. The van der Waals surface area contributed by atoms with Crippen molar-refractivity contribution in [2.24, 2.45) is 16.6 Å². The second-order valence-corrected chi connectivity index (χ2v) is 16.0. The average Bonchev–Trinajstić information content (AvgIpc) is 3.02. The topological polar surface area (TPSA) is 161 Å². The lowest BCUT2D eigenvalue weighted by Gasteiger charge is -2.38. The summed E-state index contributed by atoms with van der Waals surface area (Å²) in [5, 5.41) is 11.8. The van der Waals surface area contributed by atoms with Gasteiger partial charge in [-0.25, -0.2) is 0 Å². The van der Waals surface area contributed by atoms with Gasteiger partial charge in [-0.15, -0.1) is 12.6 Å². The van der Waals surface area contributed by atoms with Crippen LogP contribution in [0.3, 0.4) is 0 Å². The van der Waals surface area contributed by atoms with Gasteiger partial charge in [-0.05, 0) is 71.8 Å². The fraction of sp³-hybridized carbons (Fsp3) is 0.897. The van der Waals surface area contributed by atoms with Gasteiger partial charge >= 0.3 is 0 Å². The Morgan fingerprint density at radius 1 is 0.725 bits per heavy atom. The van der Waals surface area contributed by atoms with Crippen molar-refractivity contribution < 1.29 is 28.7 Å². The molecule has 0 spiro atoms. The molecule has 0 saturated heterocycles. The second kappa shape index (κ2) is 29.7. The van der Waals surface area contributed by atoms with E-state index in [-0.39, 0.29) is 48.7 Å². The summed E-state index contributed by atoms with van der Waals surface area (Å²) in [5.41, 5.74) is 3.83. The summed E-state index contributed by atoms with van der Waals surface area (Å²) in [4.78, 5) is 49.2. The Hall–Kier alpha value is -1.73. The van der Waals surface area contributed by atoms with Crippen molar-refractivity contribution in [3.63, 3.8) is 0 Å². The van der Waals surface area contributed by atoms with Crippen LogP contribution in [0, 0.1) is 10.8 Å². The molecule has 0 fully saturated rings. The first-order chi connectivity index (χ1) is 23.5. The summed E-state index contributed by atoms with van der Waals surface area (Å²) in [6.45, 7) is 31.2. The maximum atomic E-state index is 12.9. The van der Waals surface area contributed by atoms with Gasteiger partial charge in [-0.2, -0.15) is 0 Å². The number of unbranched alkanes of at least 4 members (excludes halogenated alkanes) is 1. The fourth-order valence-corrected chi connectivity index (χ4v) is 5.61. The molecule has 12 heteroatoms. The lowest BCUT2D eigenvalue weighted by atomic mass is 9.77. The number of thiol groups is 1. The van der Waals surface area contributed by atoms with Crippen molar-refractivity contribution in [1.82, 2.24) is 21.3 Å². The number of nitrogens with two attached hydrogens (primary N) is 1. The van der Waals surface area contributed by atoms with E-state index in [1.807, 2.05) is 83.1 Å². The van der Waals surface area contributed by atoms with E-state index < -0.39 is 21.4 Å². The Balaban J connectivity index is -0.00000146. The molecule has 51 heavy (non-hydrogen) atoms. The molecule has 0 bridgehead atoms. The van der Waals surface area contributed by atoms with Crippen molar-refractivity contribution in [2.45, 2.75) is 171 Å². The molecule has 0 aromatic heterocycles. The third kappa shape index (κ3) is 29.4. The highest BCUT2D eigenvalue weighted by Gasteiger charge is 2.39. The van der Waals surface area contributed by atoms with Gasteiger partial charge in [-0.3, -0.25) is 24.5 Å². The minimum Gasteiger partial charge on any atom is -0.377 e. The van der Waals surface area contributed by atoms with Crippen LogP contribution in [0.5, 0.6) is 0 Å². The van der Waals surface area contributed by atoms with Gasteiger partial charge in [0.15, 0.2) is 5.78 Å². The van der Waals surface area contributed by atoms with E-state index in [1.54, 1.807) is 14.0 Å². The van der Waals surface area contributed by atoms with Crippen LogP contribution in [-0.4, -0.2) is 86.0 Å². The van der Waals surface area contributed by atoms with E-state index in [0.29, 0.717) is 45.4 Å². The summed E-state index contributed by atoms with van der Waals surface area (Å²) in [6.07, 6.45) is 5.56. The second-order valence-electron chi connectivity index (χ2n) is 15.3. The van der Waals surface area contributed by atoms with Crippen LogP contribution in [0.15, 0.2) is 0 Å². The zero-order valence-electron chi connectivity index (χ0n) is 35.9. The standard InChI is InChI=1S/C32H63N5O6S.C3H8.2C2H6/c1-11-14-24(38)32(44,34-10)15-12-13-16-35-25(39)21-43-20-19-42-18-17-36-26(40)29(5,6)23-30(7,8)37-27(41)31(9,33)22-28(2,3)4;1-3-2;2*1-2/h34,44H,11-23,33H2,1-10H3,(H,35,39)(H,36,40)(H,37,41);3H2,1-2H3;2*1-2H3/t31?,32-;;;/m0.../s1. The highest BCUT2D eigenvalue weighted by atomic mass is 32.1. The molecule has 0 aliphatic carbocycles. The van der Waals surface area contributed by atoms with Crippen LogP contribution in [-0.2, 0) is 28.7 Å². The van der Waals surface area contributed by atoms with Crippen molar-refractivity contribution in [1.29, 1.82) is 0 Å². The van der Waals surface area contributed by atoms with Gasteiger partial charge in [0.25, 0.3) is 0 Å². The quantitative estimate of drug-likeness (QED) is 0.0389. The van der Waals surface area contributed by atoms with E-state index in [4.69, 9.17) is 15.2 Å². The van der Waals surface area contributed by atoms with E-state index in [1.165, 1.54) is 6.42 Å². The molecule has 0 aliphatic rings. The zero-order chi connectivity index (χ0) is 41.0. The van der Waals surface area contributed by atoms with Gasteiger partial charge in [0.05, 0.1) is 25.4 Å². The number of amides is 3. The van der Waals surface area contributed by atoms with Gasteiger partial charge in [0.1, 0.15) is 11.5 Å². The number of likely N-dealkylation sites (N-methyl/N-ethyl adjacent to an activating group) is 1. The van der Waals surface area contributed by atoms with Crippen LogP contribution in [0.4, 0.5) is 0 Å². The largest absolute Gasteiger partial charge is 0.377 e. The Bertz CT molecular complexity index is 938. The molecule has 1 unspecified atom stereocenters. The Morgan fingerprint density at radius 2 is 1.25 bits per heavy atom. The van der Waals surface area contributed by atoms with Crippen LogP contribution < -0.4 is 27.0 Å². The molecule has 0 aliphatic heterocycles. The lowest BCUT2D eigenvalue weighted by Crippen LogP contribution is -2.59. The summed E-state index contributed by atoms with van der Waals surface area (Å²) in [5.74, 6) is -0.495. The van der Waals surface area contributed by atoms with Crippen molar-refractivity contribution in [2.75, 3.05) is 46.6 Å². The minimum absolute atomic E-state index is 0.0673. The number of carbonyl (C=O) groups excluding carboxylic acids is 4. The highest BCUT2D eigenvalue weighted by molar-refractivity contribution is 7.82. The highest BCUT2D eigenvalue weighted by Crippen LogP contribution is 2.30. The normalized spacial score (nSPS) is 13.7. The number of rotatable bonds is 23. The summed E-state index contributed by atoms with van der Waals surface area (Å²) in [6, 6.07) is 0. The van der Waals surface area contributed by atoms with E-state index in [9.17, 15) is 19.2 Å². The predicted molar refractivity (Wildman–Crippen MR) is 218 cm³/mol. The number of carbonyl (C=O) groups is 4. The molecule has 0 rings (SSSR count). The molecule has 0 radical (unpaired) electrons. The molecular formula is C39H83N5O6S. The summed E-state index contributed by atoms with van der Waals surface area (Å²) >= 11 is 4.53. The predicted octanol–water partition coefficient (Wildman–Crippen LogP) is 6.57. The molecule has 306 valence electrons. The molecule has 0 heterocycles. The molecule has 6 N–H and O–H groups in total. The summed E-state index contributed by atoms with van der Waals surface area (Å²) < 4.78 is 10.9. The maximum Gasteiger partial charge on any atom is 0.245 e. The first-order valence-electron chi connectivity index (χ1n) is 19.3. The van der Waals surface area contributed by atoms with E-state index in [0.717, 1.165) is 19.3 Å². The van der Waals surface area contributed by atoms with E-state index in [2.05, 4.69) is 47.7 Å². The number of hydrogen-bond acceptors (Lipinski definition) is 9. The fourth-order valence-electron chi connectivity index (χ4n) is 5.34. The third-order valence-electron chi connectivity index (χ3n) is 7.14. The third-order valence-corrected chi connectivity index (χ3v) is 7.84. The van der Waals surface area contributed by atoms with Gasteiger partial charge in [0, 0.05) is 30.5 Å². The molecule has 3 amide bonds. The van der Waals surface area contributed by atoms with Gasteiger partial charge in [-0.1, -0.05) is 89.5 Å². The monoisotopic (exact) mass is 750 g/mol. The van der Waals surface area contributed by atoms with Crippen LogP contribution in [0.25, 0.3) is 0 Å². The maximum absolute atomic E-state index is 12.9. The van der Waals surface area contributed by atoms with Gasteiger partial charge in [0.2, 0.25) is 17.7 Å². The smallest absolute Gasteiger partial charge is 0.245 e. The molecule has 0 aromatic carbocycles. The van der Waals surface area contributed by atoms with E-state index >= 15 is 0 Å². The zero-order valence-corrected chi connectivity index (χ0v) is 36.8. The average molecular weight is 750 g/mol. The molecule has 0 saturated carbocycles. The van der Waals surface area contributed by atoms with Crippen LogP contribution >= 0.6 is 12.6 Å². The Labute approximate surface area is 319 Å². The number of nitrogens with one attached hydrogen (secondary N) is 4. The number of ketones is 1. The van der Waals surface area contributed by atoms with Crippen molar-refractivity contribution in [3.8, 4) is 0 Å². The summed E-state index contributed by atoms with van der Waals surface area (Å²) in [7, 11) is 1.74. The number of hydrogen-bond donors (Lipinski definition) is 6. The first-order valence-corrected chi connectivity index (χ1v) is 19.7. The number of ether oxygens (including phenoxy) is 2. The molecular weight excluding hydrogens is 667 g/mol. The van der Waals surface area contributed by atoms with Crippen LogP contribution in [0.1, 0.15) is 155 Å². The molecule has 2 atom stereocenters. The number of Topliss-reactive ketones (excluding diaryl/α,β-unsaturated/α-hetero) is 1. The SMILES string of the molecule is CC.CC.CCC.CCCC(=O)[C@@](S)(CCCCNC(=O)COCCOCCNC(=O)C(C)(C)CC(C)(C)NC(=O)C(C)(N)CC(C)(C)C)NC. The van der Waals surface area contributed by atoms with Crippen molar-refractivity contribution in [3.05, 3.63) is 0 Å². The molecule has 0 aromatic rings. The first kappa shape index (κ1) is 56.0. The minimum atomic E-state index is -1.02.